The molecule has 15 heavy (non-hydrogen) atoms. The molecule has 1 unspecified atom stereocenters. The maximum absolute atomic E-state index is 9.49. The van der Waals surface area contributed by atoms with Gasteiger partial charge in [-0.05, 0) is 11.6 Å². The zero-order chi connectivity index (χ0) is 11.3. The van der Waals surface area contributed by atoms with Crippen LogP contribution in [0.2, 0.25) is 5.28 Å². The summed E-state index contributed by atoms with van der Waals surface area (Å²) < 4.78 is 4.81. The van der Waals surface area contributed by atoms with Crippen molar-refractivity contribution in [3.63, 3.8) is 0 Å². The van der Waals surface area contributed by atoms with Crippen molar-refractivity contribution in [2.24, 2.45) is 0 Å². The minimum absolute atomic E-state index is 0.0839. The van der Waals surface area contributed by atoms with Crippen molar-refractivity contribution >= 4 is 17.4 Å². The number of likely N-dealkylation sites (N-methyl/N-ethyl adjacent to an activating group) is 1. The van der Waals surface area contributed by atoms with Crippen LogP contribution >= 0.6 is 11.6 Å². The van der Waals surface area contributed by atoms with E-state index in [9.17, 15) is 5.11 Å². The normalized spacial score (nSPS) is 12.5. The highest BCUT2D eigenvalue weighted by Gasteiger charge is 2.10. The van der Waals surface area contributed by atoms with Crippen molar-refractivity contribution in [3.8, 4) is 0 Å². The first-order valence-electron chi connectivity index (χ1n) is 4.37. The summed E-state index contributed by atoms with van der Waals surface area (Å²) in [6.07, 6.45) is 0.902. The van der Waals surface area contributed by atoms with E-state index in [1.54, 1.807) is 11.9 Å². The van der Waals surface area contributed by atoms with E-state index in [0.29, 0.717) is 12.4 Å². The van der Waals surface area contributed by atoms with Crippen molar-refractivity contribution in [1.82, 2.24) is 15.2 Å². The van der Waals surface area contributed by atoms with Gasteiger partial charge in [-0.1, -0.05) is 0 Å². The average Bonchev–Trinajstić information content (AvgIpc) is 2.18. The fraction of sp³-hybridized carbons (Fsp3) is 0.625. The SMILES string of the molecule is COCC(O)CN(C)c1cnnc(Cl)n1. The zero-order valence-electron chi connectivity index (χ0n) is 8.59. The monoisotopic (exact) mass is 232 g/mol. The molecule has 84 valence electrons. The molecular weight excluding hydrogens is 220 g/mol. The Balaban J connectivity index is 2.56. The van der Waals surface area contributed by atoms with E-state index < -0.39 is 6.10 Å². The number of aliphatic hydroxyl groups is 1. The lowest BCUT2D eigenvalue weighted by molar-refractivity contribution is 0.0694. The number of methoxy groups -OCH3 is 1. The summed E-state index contributed by atoms with van der Waals surface area (Å²) >= 11 is 5.59. The predicted molar refractivity (Wildman–Crippen MR) is 56.0 cm³/mol. The van der Waals surface area contributed by atoms with Crippen molar-refractivity contribution < 1.29 is 9.84 Å². The van der Waals surface area contributed by atoms with E-state index in [1.807, 2.05) is 0 Å². The Morgan fingerprint density at radius 1 is 1.67 bits per heavy atom. The predicted octanol–water partition coefficient (Wildman–Crippen LogP) is -0.0315. The summed E-state index contributed by atoms with van der Waals surface area (Å²) in [5.74, 6) is 0.560. The van der Waals surface area contributed by atoms with Crippen molar-refractivity contribution in [3.05, 3.63) is 11.5 Å². The van der Waals surface area contributed by atoms with E-state index in [0.717, 1.165) is 0 Å². The van der Waals surface area contributed by atoms with Crippen LogP contribution < -0.4 is 4.90 Å². The molecule has 0 amide bonds. The molecule has 1 atom stereocenters. The maximum atomic E-state index is 9.49. The van der Waals surface area contributed by atoms with E-state index in [1.165, 1.54) is 13.3 Å². The van der Waals surface area contributed by atoms with Gasteiger partial charge in [-0.25, -0.2) is 0 Å². The van der Waals surface area contributed by atoms with Crippen LogP contribution in [-0.2, 0) is 4.74 Å². The van der Waals surface area contributed by atoms with Crippen LogP contribution in [0.4, 0.5) is 5.82 Å². The Labute approximate surface area is 92.9 Å². The van der Waals surface area contributed by atoms with Crippen LogP contribution in [0.15, 0.2) is 6.20 Å². The molecule has 0 aliphatic rings. The molecule has 1 N–H and O–H groups in total. The zero-order valence-corrected chi connectivity index (χ0v) is 9.35. The molecule has 0 aliphatic carbocycles. The summed E-state index contributed by atoms with van der Waals surface area (Å²) in [6.45, 7) is 0.666. The Hall–Kier alpha value is -0.980. The van der Waals surface area contributed by atoms with E-state index in [-0.39, 0.29) is 11.9 Å². The third-order valence-corrected chi connectivity index (χ3v) is 1.92. The van der Waals surface area contributed by atoms with Gasteiger partial charge in [0.2, 0.25) is 5.28 Å². The summed E-state index contributed by atoms with van der Waals surface area (Å²) in [6, 6.07) is 0. The van der Waals surface area contributed by atoms with Crippen LogP contribution in [0.5, 0.6) is 0 Å². The number of hydrogen-bond acceptors (Lipinski definition) is 6. The first kappa shape index (κ1) is 12.1. The van der Waals surface area contributed by atoms with Crippen LogP contribution in [0, 0.1) is 0 Å². The van der Waals surface area contributed by atoms with Crippen molar-refractivity contribution in [2.75, 3.05) is 32.2 Å². The Bertz CT molecular complexity index is 312. The molecule has 0 bridgehead atoms. The van der Waals surface area contributed by atoms with Gasteiger partial charge in [-0.3, -0.25) is 0 Å². The number of rotatable bonds is 5. The van der Waals surface area contributed by atoms with Gasteiger partial charge in [0.15, 0.2) is 5.82 Å². The van der Waals surface area contributed by atoms with Crippen LogP contribution in [0.3, 0.4) is 0 Å². The lowest BCUT2D eigenvalue weighted by Gasteiger charge is -2.20. The number of hydrogen-bond donors (Lipinski definition) is 1. The highest BCUT2D eigenvalue weighted by atomic mass is 35.5. The first-order chi connectivity index (χ1) is 7.13. The van der Waals surface area contributed by atoms with Gasteiger partial charge in [0.1, 0.15) is 0 Å². The summed E-state index contributed by atoms with van der Waals surface area (Å²) in [7, 11) is 3.31. The minimum Gasteiger partial charge on any atom is -0.389 e. The molecule has 6 nitrogen and oxygen atoms in total. The topological polar surface area (TPSA) is 71.4 Å². The molecular formula is C8H13ClN4O2. The molecule has 0 aliphatic heterocycles. The lowest BCUT2D eigenvalue weighted by Crippen LogP contribution is -2.32. The standard InChI is InChI=1S/C8H13ClN4O2/c1-13(4-6(14)5-15-2)7-3-10-12-8(9)11-7/h3,6,14H,4-5H2,1-2H3. The maximum Gasteiger partial charge on any atom is 0.244 e. The number of aromatic nitrogens is 3. The third-order valence-electron chi connectivity index (χ3n) is 1.76. The molecule has 0 spiro atoms. The number of ether oxygens (including phenoxy) is 1. The summed E-state index contributed by atoms with van der Waals surface area (Å²) in [5, 5.41) is 16.8. The molecule has 0 aromatic carbocycles. The average molecular weight is 233 g/mol. The van der Waals surface area contributed by atoms with Crippen molar-refractivity contribution in [1.29, 1.82) is 0 Å². The molecule has 0 fully saturated rings. The minimum atomic E-state index is -0.575. The summed E-state index contributed by atoms with van der Waals surface area (Å²) in [4.78, 5) is 5.68. The molecule has 1 heterocycles. The van der Waals surface area contributed by atoms with Crippen LogP contribution in [0.25, 0.3) is 0 Å². The number of halogens is 1. The Kier molecular flexibility index (Phi) is 4.67. The molecule has 1 aromatic heterocycles. The van der Waals surface area contributed by atoms with E-state index in [4.69, 9.17) is 16.3 Å². The second-order valence-electron chi connectivity index (χ2n) is 3.07. The Morgan fingerprint density at radius 2 is 2.40 bits per heavy atom. The highest BCUT2D eigenvalue weighted by molar-refractivity contribution is 6.28. The summed E-state index contributed by atoms with van der Waals surface area (Å²) in [5.41, 5.74) is 0. The fourth-order valence-corrected chi connectivity index (χ4v) is 1.24. The second-order valence-corrected chi connectivity index (χ2v) is 3.41. The molecule has 0 saturated carbocycles. The van der Waals surface area contributed by atoms with Crippen LogP contribution in [0.1, 0.15) is 0 Å². The van der Waals surface area contributed by atoms with E-state index in [2.05, 4.69) is 15.2 Å². The van der Waals surface area contributed by atoms with Crippen molar-refractivity contribution in [2.45, 2.75) is 6.10 Å². The number of anilines is 1. The number of nitrogens with zero attached hydrogens (tertiary/aromatic N) is 4. The fourth-order valence-electron chi connectivity index (χ4n) is 1.11. The van der Waals surface area contributed by atoms with Gasteiger partial charge < -0.3 is 14.7 Å². The van der Waals surface area contributed by atoms with E-state index >= 15 is 0 Å². The number of aliphatic hydroxyl groups excluding tert-OH is 1. The van der Waals surface area contributed by atoms with Gasteiger partial charge in [-0.15, -0.1) is 5.10 Å². The molecule has 1 rings (SSSR count). The Morgan fingerprint density at radius 3 is 3.00 bits per heavy atom. The third kappa shape index (κ3) is 3.94. The first-order valence-corrected chi connectivity index (χ1v) is 4.74. The van der Waals surface area contributed by atoms with Gasteiger partial charge in [0.25, 0.3) is 0 Å². The van der Waals surface area contributed by atoms with Crippen LogP contribution in [-0.4, -0.2) is 53.7 Å². The lowest BCUT2D eigenvalue weighted by atomic mass is 10.3. The van der Waals surface area contributed by atoms with Gasteiger partial charge in [0, 0.05) is 20.7 Å². The smallest absolute Gasteiger partial charge is 0.244 e. The highest BCUT2D eigenvalue weighted by Crippen LogP contribution is 2.09. The molecule has 0 saturated heterocycles. The molecule has 7 heteroatoms. The quantitative estimate of drug-likeness (QED) is 0.769. The van der Waals surface area contributed by atoms with Gasteiger partial charge >= 0.3 is 0 Å². The molecule has 0 radical (unpaired) electrons. The molecule has 1 aromatic rings. The van der Waals surface area contributed by atoms with Gasteiger partial charge in [-0.2, -0.15) is 10.1 Å². The second kappa shape index (κ2) is 5.79. The largest absolute Gasteiger partial charge is 0.389 e. The van der Waals surface area contributed by atoms with Gasteiger partial charge in [0.05, 0.1) is 18.9 Å².